The van der Waals surface area contributed by atoms with E-state index in [0.717, 1.165) is 19.3 Å². The van der Waals surface area contributed by atoms with Crippen LogP contribution in [0, 0.1) is 11.8 Å². The average molecular weight is 254 g/mol. The number of rotatable bonds is 10. The molecule has 0 aromatic heterocycles. The summed E-state index contributed by atoms with van der Waals surface area (Å²) in [4.78, 5) is 0. The monoisotopic (exact) mass is 254 g/mol. The molecule has 0 saturated heterocycles. The highest BCUT2D eigenvalue weighted by molar-refractivity contribution is 4.80. The molecule has 0 saturated carbocycles. The summed E-state index contributed by atoms with van der Waals surface area (Å²) in [6.07, 6.45) is 7.71. The Morgan fingerprint density at radius 2 is 1.72 bits per heavy atom. The normalized spacial score (nSPS) is 11.8. The van der Waals surface area contributed by atoms with Crippen LogP contribution in [-0.2, 0) is 9.47 Å². The van der Waals surface area contributed by atoms with E-state index in [9.17, 15) is 0 Å². The second kappa shape index (κ2) is 10.0. The number of hydrogen-bond donors (Lipinski definition) is 0. The lowest BCUT2D eigenvalue weighted by atomic mass is 9.96. The van der Waals surface area contributed by atoms with Crippen molar-refractivity contribution in [3.63, 3.8) is 0 Å². The van der Waals surface area contributed by atoms with E-state index in [0.29, 0.717) is 24.4 Å². The minimum Gasteiger partial charge on any atom is -0.466 e. The second-order valence-corrected chi connectivity index (χ2v) is 5.31. The van der Waals surface area contributed by atoms with Crippen molar-refractivity contribution in [3.8, 4) is 0 Å². The van der Waals surface area contributed by atoms with Gasteiger partial charge in [0.15, 0.2) is 0 Å². The van der Waals surface area contributed by atoms with Gasteiger partial charge >= 0.3 is 0 Å². The lowest BCUT2D eigenvalue weighted by Gasteiger charge is -2.26. The molecule has 0 unspecified atom stereocenters. The first-order chi connectivity index (χ1) is 8.49. The Kier molecular flexibility index (Phi) is 9.53. The summed E-state index contributed by atoms with van der Waals surface area (Å²) in [7, 11) is 0. The summed E-state index contributed by atoms with van der Waals surface area (Å²) in [5, 5.41) is 0. The lowest BCUT2D eigenvalue weighted by Crippen LogP contribution is -2.26. The first kappa shape index (κ1) is 17.1. The predicted molar refractivity (Wildman–Crippen MR) is 78.3 cm³/mol. The number of hydrogen-bond acceptors (Lipinski definition) is 2. The Morgan fingerprint density at radius 3 is 2.22 bits per heavy atom. The third kappa shape index (κ3) is 8.21. The van der Waals surface area contributed by atoms with Crippen molar-refractivity contribution in [2.24, 2.45) is 11.8 Å². The quantitative estimate of drug-likeness (QED) is 0.313. The SMILES string of the molecule is C=C(OCCC/C=C\CC)OC(C(C)C)C(C)C. The molecular formula is C16H30O2. The zero-order chi connectivity index (χ0) is 14.0. The highest BCUT2D eigenvalue weighted by Crippen LogP contribution is 2.19. The van der Waals surface area contributed by atoms with E-state index in [4.69, 9.17) is 9.47 Å². The molecule has 0 aliphatic heterocycles. The number of ether oxygens (including phenoxy) is 2. The minimum absolute atomic E-state index is 0.178. The molecule has 0 rings (SSSR count). The largest absolute Gasteiger partial charge is 0.466 e. The number of unbranched alkanes of at least 4 members (excludes halogenated alkanes) is 1. The van der Waals surface area contributed by atoms with Crippen LogP contribution in [0.3, 0.4) is 0 Å². The molecule has 2 heteroatoms. The van der Waals surface area contributed by atoms with E-state index < -0.39 is 0 Å². The van der Waals surface area contributed by atoms with Gasteiger partial charge in [-0.25, -0.2) is 0 Å². The molecule has 106 valence electrons. The maximum absolute atomic E-state index is 5.77. The van der Waals surface area contributed by atoms with Crippen LogP contribution in [0.4, 0.5) is 0 Å². The topological polar surface area (TPSA) is 18.5 Å². The predicted octanol–water partition coefficient (Wildman–Crippen LogP) is 4.92. The Morgan fingerprint density at radius 1 is 1.11 bits per heavy atom. The molecule has 0 radical (unpaired) electrons. The van der Waals surface area contributed by atoms with Crippen LogP contribution in [0.1, 0.15) is 53.9 Å². The van der Waals surface area contributed by atoms with Gasteiger partial charge in [0.25, 0.3) is 5.95 Å². The van der Waals surface area contributed by atoms with Gasteiger partial charge in [-0.1, -0.05) is 46.8 Å². The van der Waals surface area contributed by atoms with Crippen molar-refractivity contribution in [2.75, 3.05) is 6.61 Å². The molecule has 0 atom stereocenters. The fraction of sp³-hybridized carbons (Fsp3) is 0.750. The molecule has 0 spiro atoms. The van der Waals surface area contributed by atoms with E-state index in [-0.39, 0.29) is 6.10 Å². The molecule has 0 fully saturated rings. The Balaban J connectivity index is 3.79. The van der Waals surface area contributed by atoms with Crippen molar-refractivity contribution in [1.82, 2.24) is 0 Å². The zero-order valence-corrected chi connectivity index (χ0v) is 12.7. The maximum atomic E-state index is 5.77. The molecule has 18 heavy (non-hydrogen) atoms. The van der Waals surface area contributed by atoms with Gasteiger partial charge in [0.2, 0.25) is 0 Å². The van der Waals surface area contributed by atoms with Gasteiger partial charge in [-0.05, 0) is 37.7 Å². The third-order valence-corrected chi connectivity index (χ3v) is 2.76. The van der Waals surface area contributed by atoms with Crippen LogP contribution < -0.4 is 0 Å². The molecule has 0 N–H and O–H groups in total. The summed E-state index contributed by atoms with van der Waals surface area (Å²) in [5.74, 6) is 1.40. The standard InChI is InChI=1S/C16H30O2/c1-7-8-9-10-11-12-17-15(6)18-16(13(2)3)14(4)5/h8-9,13-14,16H,6-7,10-12H2,1-5H3/b9-8-. The molecule has 2 nitrogen and oxygen atoms in total. The van der Waals surface area contributed by atoms with Gasteiger partial charge in [-0.2, -0.15) is 0 Å². The van der Waals surface area contributed by atoms with Crippen LogP contribution in [0.2, 0.25) is 0 Å². The van der Waals surface area contributed by atoms with Gasteiger partial charge in [0.05, 0.1) is 6.61 Å². The fourth-order valence-electron chi connectivity index (χ4n) is 1.90. The van der Waals surface area contributed by atoms with E-state index in [1.54, 1.807) is 0 Å². The Bertz CT molecular complexity index is 233. The molecule has 0 heterocycles. The van der Waals surface area contributed by atoms with Crippen molar-refractivity contribution < 1.29 is 9.47 Å². The van der Waals surface area contributed by atoms with Crippen LogP contribution in [0.5, 0.6) is 0 Å². The summed E-state index contributed by atoms with van der Waals surface area (Å²) < 4.78 is 11.3. The third-order valence-electron chi connectivity index (χ3n) is 2.76. The average Bonchev–Trinajstić information content (AvgIpc) is 2.29. The minimum atomic E-state index is 0.178. The van der Waals surface area contributed by atoms with Gasteiger partial charge < -0.3 is 9.47 Å². The molecule has 0 aliphatic rings. The second-order valence-electron chi connectivity index (χ2n) is 5.31. The Hall–Kier alpha value is -0.920. The van der Waals surface area contributed by atoms with E-state index in [1.165, 1.54) is 0 Å². The van der Waals surface area contributed by atoms with Crippen molar-refractivity contribution in [3.05, 3.63) is 24.7 Å². The molecule has 0 aromatic rings. The van der Waals surface area contributed by atoms with Crippen LogP contribution in [0.15, 0.2) is 24.7 Å². The summed E-state index contributed by atoms with van der Waals surface area (Å²) in [6.45, 7) is 15.3. The summed E-state index contributed by atoms with van der Waals surface area (Å²) in [6, 6.07) is 0. The molecule has 0 aromatic carbocycles. The number of allylic oxidation sites excluding steroid dienone is 2. The molecular weight excluding hydrogens is 224 g/mol. The van der Waals surface area contributed by atoms with Gasteiger partial charge in [0.1, 0.15) is 6.10 Å². The van der Waals surface area contributed by atoms with Crippen LogP contribution >= 0.6 is 0 Å². The van der Waals surface area contributed by atoms with Crippen molar-refractivity contribution >= 4 is 0 Å². The maximum Gasteiger partial charge on any atom is 0.271 e. The Labute approximate surface area is 113 Å². The fourth-order valence-corrected chi connectivity index (χ4v) is 1.90. The lowest BCUT2D eigenvalue weighted by molar-refractivity contribution is -0.0440. The molecule has 0 amide bonds. The molecule has 0 bridgehead atoms. The van der Waals surface area contributed by atoms with Gasteiger partial charge in [-0.3, -0.25) is 0 Å². The summed E-state index contributed by atoms with van der Waals surface area (Å²) in [5.41, 5.74) is 0. The van der Waals surface area contributed by atoms with E-state index in [2.05, 4.69) is 53.3 Å². The summed E-state index contributed by atoms with van der Waals surface area (Å²) >= 11 is 0. The zero-order valence-electron chi connectivity index (χ0n) is 12.7. The van der Waals surface area contributed by atoms with Gasteiger partial charge in [-0.15, -0.1) is 0 Å². The first-order valence-electron chi connectivity index (χ1n) is 7.12. The first-order valence-corrected chi connectivity index (χ1v) is 7.12. The molecule has 0 aliphatic carbocycles. The highest BCUT2D eigenvalue weighted by Gasteiger charge is 2.20. The van der Waals surface area contributed by atoms with Gasteiger partial charge in [0, 0.05) is 0 Å². The van der Waals surface area contributed by atoms with E-state index in [1.807, 2.05) is 0 Å². The van der Waals surface area contributed by atoms with Crippen molar-refractivity contribution in [1.29, 1.82) is 0 Å². The van der Waals surface area contributed by atoms with Crippen LogP contribution in [0.25, 0.3) is 0 Å². The highest BCUT2D eigenvalue weighted by atomic mass is 16.7. The van der Waals surface area contributed by atoms with Crippen LogP contribution in [-0.4, -0.2) is 12.7 Å². The van der Waals surface area contributed by atoms with E-state index >= 15 is 0 Å². The van der Waals surface area contributed by atoms with Crippen molar-refractivity contribution in [2.45, 2.75) is 60.0 Å². The smallest absolute Gasteiger partial charge is 0.271 e.